The van der Waals surface area contributed by atoms with Crippen LogP contribution in [0.5, 0.6) is 0 Å². The molecule has 3 heterocycles. The number of hydrogen-bond acceptors (Lipinski definition) is 3. The topological polar surface area (TPSA) is 35.1 Å². The lowest BCUT2D eigenvalue weighted by Gasteiger charge is -2.11. The van der Waals surface area contributed by atoms with Crippen LogP contribution in [0.25, 0.3) is 86.4 Å². The van der Waals surface area contributed by atoms with Crippen molar-refractivity contribution in [2.75, 3.05) is 0 Å². The van der Waals surface area contributed by atoms with Gasteiger partial charge in [0.05, 0.1) is 33.5 Å². The van der Waals surface area contributed by atoms with E-state index in [4.69, 9.17) is 16.5 Å². The molecule has 46 heavy (non-hydrogen) atoms. The summed E-state index contributed by atoms with van der Waals surface area (Å²) in [5, 5.41) is 3.59. The molecule has 214 valence electrons. The van der Waals surface area contributed by atoms with Gasteiger partial charge in [-0.1, -0.05) is 115 Å². The maximum absolute atomic E-state index is 7.61. The summed E-state index contributed by atoms with van der Waals surface area (Å²) in [6, 6.07) is 50.4. The Hall–Kier alpha value is -6.09. The number of para-hydroxylation sites is 2. The molecule has 0 atom stereocenters. The van der Waals surface area contributed by atoms with Crippen LogP contribution in [0.2, 0.25) is 0 Å². The minimum Gasteiger partial charge on any atom is -0.309 e. The van der Waals surface area contributed by atoms with Crippen molar-refractivity contribution >= 4 is 59.1 Å². The van der Waals surface area contributed by atoms with Crippen molar-refractivity contribution in [1.29, 1.82) is 0 Å². The number of rotatable bonds is 4. The van der Waals surface area contributed by atoms with Gasteiger partial charge in [-0.05, 0) is 47.0 Å². The molecule has 3 aromatic heterocycles. The smallest absolute Gasteiger partial charge is 0.187 e. The fourth-order valence-corrected chi connectivity index (χ4v) is 7.83. The minimum atomic E-state index is 0.592. The van der Waals surface area contributed by atoms with E-state index in [0.717, 1.165) is 49.2 Å². The van der Waals surface area contributed by atoms with E-state index in [1.54, 1.807) is 11.3 Å². The predicted molar refractivity (Wildman–Crippen MR) is 192 cm³/mol. The van der Waals surface area contributed by atoms with E-state index < -0.39 is 0 Å². The van der Waals surface area contributed by atoms with E-state index in [1.165, 1.54) is 26.5 Å². The maximum Gasteiger partial charge on any atom is 0.187 e. The van der Waals surface area contributed by atoms with Crippen molar-refractivity contribution in [1.82, 2.24) is 14.5 Å². The lowest BCUT2D eigenvalue weighted by molar-refractivity contribution is 1.18. The summed E-state index contributed by atoms with van der Waals surface area (Å²) < 4.78 is 4.54. The number of fused-ring (bicyclic) bond motifs is 6. The molecule has 0 saturated carbocycles. The van der Waals surface area contributed by atoms with Crippen molar-refractivity contribution in [3.8, 4) is 39.5 Å². The van der Waals surface area contributed by atoms with E-state index in [2.05, 4.69) is 100 Å². The first-order chi connectivity index (χ1) is 22.8. The van der Waals surface area contributed by atoms with Crippen LogP contribution in [0.1, 0.15) is 0 Å². The Bertz CT molecular complexity index is 2610. The Kier molecular flexibility index (Phi) is 6.02. The van der Waals surface area contributed by atoms with Gasteiger partial charge in [-0.2, -0.15) is 0 Å². The average Bonchev–Trinajstić information content (AvgIpc) is 3.68. The second kappa shape index (κ2) is 10.5. The first-order valence-corrected chi connectivity index (χ1v) is 15.9. The quantitative estimate of drug-likeness (QED) is 0.187. The summed E-state index contributed by atoms with van der Waals surface area (Å²) in [5.41, 5.74) is 10.0. The average molecular weight is 605 g/mol. The monoisotopic (exact) mass is 604 g/mol. The molecule has 6 aromatic carbocycles. The van der Waals surface area contributed by atoms with Gasteiger partial charge < -0.3 is 4.57 Å². The standard InChI is InChI=1S/C41H24N4S/c1-42-29-16-9-15-28(24-29)37-40-38(44-41(43-37)26-12-3-2-4-13-26)34-21-11-20-31(39(34)46-40)27-14-10-17-30(25-27)45-35-22-7-5-18-32(35)33-19-6-8-23-36(33)45/h2-25H. The van der Waals surface area contributed by atoms with E-state index >= 15 is 0 Å². The second-order valence-corrected chi connectivity index (χ2v) is 12.3. The van der Waals surface area contributed by atoms with Gasteiger partial charge in [0.2, 0.25) is 0 Å². The van der Waals surface area contributed by atoms with Gasteiger partial charge in [-0.3, -0.25) is 0 Å². The molecule has 0 amide bonds. The molecule has 0 aliphatic carbocycles. The number of nitrogens with zero attached hydrogens (tertiary/aromatic N) is 4. The molecule has 0 bridgehead atoms. The lowest BCUT2D eigenvalue weighted by Crippen LogP contribution is -1.94. The zero-order valence-electron chi connectivity index (χ0n) is 24.6. The van der Waals surface area contributed by atoms with E-state index in [1.807, 2.05) is 54.6 Å². The van der Waals surface area contributed by atoms with Crippen LogP contribution >= 0.6 is 11.3 Å². The summed E-state index contributed by atoms with van der Waals surface area (Å²) in [6.45, 7) is 7.61. The Labute approximate surface area is 269 Å². The zero-order valence-corrected chi connectivity index (χ0v) is 25.4. The van der Waals surface area contributed by atoms with Crippen LogP contribution in [0.3, 0.4) is 0 Å². The maximum atomic E-state index is 7.61. The molecule has 5 heteroatoms. The van der Waals surface area contributed by atoms with Crippen molar-refractivity contribution in [2.24, 2.45) is 0 Å². The first kappa shape index (κ1) is 26.3. The van der Waals surface area contributed by atoms with E-state index in [0.29, 0.717) is 11.5 Å². The highest BCUT2D eigenvalue weighted by Gasteiger charge is 2.19. The van der Waals surface area contributed by atoms with Crippen LogP contribution < -0.4 is 0 Å². The van der Waals surface area contributed by atoms with Gasteiger partial charge in [-0.15, -0.1) is 11.3 Å². The van der Waals surface area contributed by atoms with Crippen molar-refractivity contribution in [3.63, 3.8) is 0 Å². The minimum absolute atomic E-state index is 0.592. The van der Waals surface area contributed by atoms with Gasteiger partial charge in [0.25, 0.3) is 0 Å². The van der Waals surface area contributed by atoms with Crippen molar-refractivity contribution in [3.05, 3.63) is 157 Å². The summed E-state index contributed by atoms with van der Waals surface area (Å²) in [6.07, 6.45) is 0. The van der Waals surface area contributed by atoms with Gasteiger partial charge in [-0.25, -0.2) is 14.8 Å². The van der Waals surface area contributed by atoms with Crippen molar-refractivity contribution in [2.45, 2.75) is 0 Å². The largest absolute Gasteiger partial charge is 0.309 e. The highest BCUT2D eigenvalue weighted by molar-refractivity contribution is 7.26. The van der Waals surface area contributed by atoms with Crippen LogP contribution in [0, 0.1) is 6.57 Å². The molecule has 0 fully saturated rings. The molecule has 0 radical (unpaired) electrons. The molecular formula is C41H24N4S. The number of benzene rings is 6. The van der Waals surface area contributed by atoms with E-state index in [9.17, 15) is 0 Å². The number of aromatic nitrogens is 3. The first-order valence-electron chi connectivity index (χ1n) is 15.1. The molecule has 0 unspecified atom stereocenters. The second-order valence-electron chi connectivity index (χ2n) is 11.3. The third kappa shape index (κ3) is 4.12. The number of hydrogen-bond donors (Lipinski definition) is 0. The van der Waals surface area contributed by atoms with Gasteiger partial charge in [0, 0.05) is 32.1 Å². The Balaban J connectivity index is 1.29. The number of thiophene rings is 1. The fourth-order valence-electron chi connectivity index (χ4n) is 6.54. The predicted octanol–water partition coefficient (Wildman–Crippen LogP) is 11.5. The van der Waals surface area contributed by atoms with Crippen molar-refractivity contribution < 1.29 is 0 Å². The summed E-state index contributed by atoms with van der Waals surface area (Å²) in [4.78, 5) is 14.0. The fraction of sp³-hybridized carbons (Fsp3) is 0. The summed E-state index contributed by atoms with van der Waals surface area (Å²) >= 11 is 1.72. The molecule has 0 aliphatic rings. The van der Waals surface area contributed by atoms with Crippen LogP contribution in [0.15, 0.2) is 146 Å². The normalized spacial score (nSPS) is 11.5. The van der Waals surface area contributed by atoms with Crippen LogP contribution in [0.4, 0.5) is 5.69 Å². The summed E-state index contributed by atoms with van der Waals surface area (Å²) in [5.74, 6) is 0.676. The van der Waals surface area contributed by atoms with Gasteiger partial charge in [0.15, 0.2) is 11.5 Å². The zero-order chi connectivity index (χ0) is 30.6. The molecule has 0 spiro atoms. The molecular weight excluding hydrogens is 581 g/mol. The Morgan fingerprint density at radius 1 is 0.543 bits per heavy atom. The highest BCUT2D eigenvalue weighted by Crippen LogP contribution is 2.44. The molecule has 9 rings (SSSR count). The Morgan fingerprint density at radius 3 is 1.98 bits per heavy atom. The van der Waals surface area contributed by atoms with Gasteiger partial charge in [0.1, 0.15) is 0 Å². The molecule has 4 nitrogen and oxygen atoms in total. The third-order valence-corrected chi connectivity index (χ3v) is 9.85. The van der Waals surface area contributed by atoms with Crippen LogP contribution in [-0.2, 0) is 0 Å². The molecule has 0 aliphatic heterocycles. The SMILES string of the molecule is [C-]#[N+]c1cccc(-c2nc(-c3ccccc3)nc3c2sc2c(-c4cccc(-n5c6ccccc6c6ccccc65)c4)cccc23)c1. The summed E-state index contributed by atoms with van der Waals surface area (Å²) in [7, 11) is 0. The highest BCUT2D eigenvalue weighted by atomic mass is 32.1. The lowest BCUT2D eigenvalue weighted by atomic mass is 10.0. The molecule has 0 N–H and O–H groups in total. The van der Waals surface area contributed by atoms with Crippen LogP contribution in [-0.4, -0.2) is 14.5 Å². The van der Waals surface area contributed by atoms with Gasteiger partial charge >= 0.3 is 0 Å². The Morgan fingerprint density at radius 2 is 1.20 bits per heavy atom. The van der Waals surface area contributed by atoms with E-state index in [-0.39, 0.29) is 0 Å². The molecule has 0 saturated heterocycles. The third-order valence-electron chi connectivity index (χ3n) is 8.62. The molecule has 9 aromatic rings.